The lowest BCUT2D eigenvalue weighted by Gasteiger charge is -2.18. The molecule has 3 nitrogen and oxygen atoms in total. The maximum atomic E-state index is 11.3. The Morgan fingerprint density at radius 2 is 1.75 bits per heavy atom. The molecule has 70 valence electrons. The van der Waals surface area contributed by atoms with Crippen LogP contribution in [-0.4, -0.2) is 16.9 Å². The molecular formula is C9H16O3. The molecule has 0 aromatic heterocycles. The molecule has 1 N–H and O–H groups in total. The van der Waals surface area contributed by atoms with Crippen molar-refractivity contribution in [2.45, 2.75) is 34.1 Å². The highest BCUT2D eigenvalue weighted by Gasteiger charge is 2.35. The Bertz CT molecular complexity index is 192. The quantitative estimate of drug-likeness (QED) is 0.657. The molecule has 0 atom stereocenters. The zero-order chi connectivity index (χ0) is 9.94. The largest absolute Gasteiger partial charge is 0.481 e. The van der Waals surface area contributed by atoms with Crippen molar-refractivity contribution in [3.05, 3.63) is 0 Å². The van der Waals surface area contributed by atoms with Gasteiger partial charge in [-0.05, 0) is 19.8 Å². The number of ketones is 1. The van der Waals surface area contributed by atoms with Gasteiger partial charge in [-0.25, -0.2) is 0 Å². The van der Waals surface area contributed by atoms with Crippen molar-refractivity contribution >= 4 is 11.8 Å². The molecule has 0 saturated heterocycles. The predicted molar refractivity (Wildman–Crippen MR) is 45.9 cm³/mol. The van der Waals surface area contributed by atoms with Crippen LogP contribution in [0.1, 0.15) is 34.1 Å². The van der Waals surface area contributed by atoms with Crippen molar-refractivity contribution < 1.29 is 14.7 Å². The van der Waals surface area contributed by atoms with E-state index in [1.165, 1.54) is 13.8 Å². The molecule has 0 aliphatic heterocycles. The summed E-state index contributed by atoms with van der Waals surface area (Å²) in [6.07, 6.45) is 0.333. The third-order valence-electron chi connectivity index (χ3n) is 1.83. The van der Waals surface area contributed by atoms with Crippen LogP contribution in [0.25, 0.3) is 0 Å². The van der Waals surface area contributed by atoms with Gasteiger partial charge in [0, 0.05) is 6.42 Å². The Morgan fingerprint density at radius 3 is 2.00 bits per heavy atom. The standard InChI is InChI=1S/C9H16O3/c1-6(2)5-7(10)9(3,4)8(11)12/h6H,5H2,1-4H3,(H,11,12). The minimum Gasteiger partial charge on any atom is -0.481 e. The zero-order valence-corrected chi connectivity index (χ0v) is 8.05. The first-order chi connectivity index (χ1) is 5.28. The van der Waals surface area contributed by atoms with E-state index in [1.54, 1.807) is 0 Å². The van der Waals surface area contributed by atoms with Crippen LogP contribution in [0.4, 0.5) is 0 Å². The topological polar surface area (TPSA) is 54.4 Å². The molecule has 0 spiro atoms. The SMILES string of the molecule is CC(C)CC(=O)C(C)(C)C(=O)O. The number of carboxylic acids is 1. The zero-order valence-electron chi connectivity index (χ0n) is 8.05. The molecule has 0 saturated carbocycles. The Hall–Kier alpha value is -0.860. The van der Waals surface area contributed by atoms with Gasteiger partial charge in [-0.3, -0.25) is 9.59 Å². The molecule has 0 unspecified atom stereocenters. The van der Waals surface area contributed by atoms with E-state index >= 15 is 0 Å². The maximum absolute atomic E-state index is 11.3. The number of aliphatic carboxylic acids is 1. The van der Waals surface area contributed by atoms with Crippen LogP contribution in [0, 0.1) is 11.3 Å². The van der Waals surface area contributed by atoms with E-state index in [2.05, 4.69) is 0 Å². The van der Waals surface area contributed by atoms with Crippen LogP contribution in [-0.2, 0) is 9.59 Å². The summed E-state index contributed by atoms with van der Waals surface area (Å²) < 4.78 is 0. The molecule has 0 fully saturated rings. The minimum absolute atomic E-state index is 0.204. The number of Topliss-reactive ketones (excluding diaryl/α,β-unsaturated/α-hetero) is 1. The molecule has 0 aromatic carbocycles. The number of carbonyl (C=O) groups excluding carboxylic acids is 1. The summed E-state index contributed by atoms with van der Waals surface area (Å²) in [7, 11) is 0. The molecule has 0 heterocycles. The van der Waals surface area contributed by atoms with Crippen molar-refractivity contribution in [2.75, 3.05) is 0 Å². The number of hydrogen-bond donors (Lipinski definition) is 1. The Kier molecular flexibility index (Phi) is 3.43. The first-order valence-corrected chi connectivity index (χ1v) is 4.05. The summed E-state index contributed by atoms with van der Waals surface area (Å²) >= 11 is 0. The van der Waals surface area contributed by atoms with Crippen molar-refractivity contribution in [1.82, 2.24) is 0 Å². The maximum Gasteiger partial charge on any atom is 0.316 e. The fourth-order valence-corrected chi connectivity index (χ4v) is 0.745. The highest BCUT2D eigenvalue weighted by atomic mass is 16.4. The van der Waals surface area contributed by atoms with Crippen molar-refractivity contribution in [1.29, 1.82) is 0 Å². The molecule has 12 heavy (non-hydrogen) atoms. The van der Waals surface area contributed by atoms with Gasteiger partial charge in [-0.1, -0.05) is 13.8 Å². The van der Waals surface area contributed by atoms with Crippen LogP contribution in [0.5, 0.6) is 0 Å². The van der Waals surface area contributed by atoms with Gasteiger partial charge in [0.15, 0.2) is 0 Å². The van der Waals surface area contributed by atoms with Gasteiger partial charge in [0.25, 0.3) is 0 Å². The molecule has 3 heteroatoms. The van der Waals surface area contributed by atoms with E-state index in [-0.39, 0.29) is 11.7 Å². The first-order valence-electron chi connectivity index (χ1n) is 4.05. The fourth-order valence-electron chi connectivity index (χ4n) is 0.745. The molecule has 0 radical (unpaired) electrons. The third kappa shape index (κ3) is 2.64. The van der Waals surface area contributed by atoms with Gasteiger partial charge in [0.1, 0.15) is 11.2 Å². The summed E-state index contributed by atoms with van der Waals surface area (Å²) in [5.41, 5.74) is -1.23. The second-order valence-corrected chi connectivity index (χ2v) is 3.95. The molecule has 0 aromatic rings. The predicted octanol–water partition coefficient (Wildman–Crippen LogP) is 1.71. The van der Waals surface area contributed by atoms with E-state index < -0.39 is 11.4 Å². The average molecular weight is 172 g/mol. The third-order valence-corrected chi connectivity index (χ3v) is 1.83. The highest BCUT2D eigenvalue weighted by Crippen LogP contribution is 2.20. The molecule has 0 aliphatic rings. The number of rotatable bonds is 4. The van der Waals surface area contributed by atoms with E-state index in [1.807, 2.05) is 13.8 Å². The van der Waals surface area contributed by atoms with E-state index in [9.17, 15) is 9.59 Å². The molecule has 0 amide bonds. The van der Waals surface area contributed by atoms with Crippen LogP contribution in [0.15, 0.2) is 0 Å². The fraction of sp³-hybridized carbons (Fsp3) is 0.778. The van der Waals surface area contributed by atoms with E-state index in [0.717, 1.165) is 0 Å². The van der Waals surface area contributed by atoms with Gasteiger partial charge in [-0.15, -0.1) is 0 Å². The number of hydrogen-bond acceptors (Lipinski definition) is 2. The Balaban J connectivity index is 4.36. The van der Waals surface area contributed by atoms with Gasteiger partial charge in [0.2, 0.25) is 0 Å². The van der Waals surface area contributed by atoms with Crippen molar-refractivity contribution in [2.24, 2.45) is 11.3 Å². The number of carbonyl (C=O) groups is 2. The molecule has 0 rings (SSSR count). The first kappa shape index (κ1) is 11.1. The van der Waals surface area contributed by atoms with E-state index in [0.29, 0.717) is 6.42 Å². The smallest absolute Gasteiger partial charge is 0.316 e. The van der Waals surface area contributed by atoms with Crippen LogP contribution >= 0.6 is 0 Å². The second-order valence-electron chi connectivity index (χ2n) is 3.95. The van der Waals surface area contributed by atoms with Gasteiger partial charge in [-0.2, -0.15) is 0 Å². The van der Waals surface area contributed by atoms with Gasteiger partial charge < -0.3 is 5.11 Å². The van der Waals surface area contributed by atoms with Gasteiger partial charge >= 0.3 is 5.97 Å². The lowest BCUT2D eigenvalue weighted by molar-refractivity contribution is -0.152. The Morgan fingerprint density at radius 1 is 1.33 bits per heavy atom. The van der Waals surface area contributed by atoms with Crippen LogP contribution in [0.2, 0.25) is 0 Å². The van der Waals surface area contributed by atoms with Gasteiger partial charge in [0.05, 0.1) is 0 Å². The molecular weight excluding hydrogens is 156 g/mol. The number of carboxylic acid groups (broad SMARTS) is 1. The van der Waals surface area contributed by atoms with Crippen LogP contribution in [0.3, 0.4) is 0 Å². The summed E-state index contributed by atoms with van der Waals surface area (Å²) in [6, 6.07) is 0. The summed E-state index contributed by atoms with van der Waals surface area (Å²) in [6.45, 7) is 6.69. The lowest BCUT2D eigenvalue weighted by atomic mass is 9.84. The summed E-state index contributed by atoms with van der Waals surface area (Å²) in [5, 5.41) is 8.70. The average Bonchev–Trinajstić information content (AvgIpc) is 1.85. The summed E-state index contributed by atoms with van der Waals surface area (Å²) in [5.74, 6) is -1.03. The van der Waals surface area contributed by atoms with Crippen molar-refractivity contribution in [3.63, 3.8) is 0 Å². The highest BCUT2D eigenvalue weighted by molar-refractivity contribution is 6.02. The molecule has 0 aliphatic carbocycles. The van der Waals surface area contributed by atoms with E-state index in [4.69, 9.17) is 5.11 Å². The summed E-state index contributed by atoms with van der Waals surface area (Å²) in [4.78, 5) is 22.0. The lowest BCUT2D eigenvalue weighted by Crippen LogP contribution is -2.33. The second kappa shape index (κ2) is 3.70. The minimum atomic E-state index is -1.23. The van der Waals surface area contributed by atoms with Crippen LogP contribution < -0.4 is 0 Å². The monoisotopic (exact) mass is 172 g/mol. The Labute approximate surface area is 72.8 Å². The molecule has 0 bridgehead atoms. The van der Waals surface area contributed by atoms with Crippen molar-refractivity contribution in [3.8, 4) is 0 Å². The normalized spacial score (nSPS) is 11.8.